The molecule has 2 heterocycles. The molecule has 1 amide bonds. The summed E-state index contributed by atoms with van der Waals surface area (Å²) in [5.74, 6) is 1.66. The Kier molecular flexibility index (Phi) is 7.35. The fourth-order valence-corrected chi connectivity index (χ4v) is 3.90. The van der Waals surface area contributed by atoms with Crippen LogP contribution in [-0.2, 0) is 11.3 Å². The number of hydrogen-bond donors (Lipinski definition) is 2. The van der Waals surface area contributed by atoms with Crippen molar-refractivity contribution in [3.63, 3.8) is 0 Å². The van der Waals surface area contributed by atoms with E-state index in [1.807, 2.05) is 18.2 Å². The van der Waals surface area contributed by atoms with Gasteiger partial charge in [0.2, 0.25) is 23.9 Å². The highest BCUT2D eigenvalue weighted by Gasteiger charge is 2.15. The van der Waals surface area contributed by atoms with Crippen molar-refractivity contribution in [3.05, 3.63) is 65.9 Å². The Morgan fingerprint density at radius 3 is 2.78 bits per heavy atom. The van der Waals surface area contributed by atoms with Crippen LogP contribution in [0.25, 0.3) is 23.1 Å². The Bertz CT molecular complexity index is 1110. The van der Waals surface area contributed by atoms with Crippen LogP contribution in [0, 0.1) is 0 Å². The van der Waals surface area contributed by atoms with Crippen LogP contribution < -0.4 is 25.1 Å². The summed E-state index contributed by atoms with van der Waals surface area (Å²) in [6.45, 7) is 2.20. The minimum atomic E-state index is 0.0839. The van der Waals surface area contributed by atoms with Gasteiger partial charge in [0, 0.05) is 49.5 Å². The molecule has 166 valence electrons. The first kappa shape index (κ1) is 21.8. The largest absolute Gasteiger partial charge is 0.454 e. The smallest absolute Gasteiger partial charge is 0.231 e. The van der Waals surface area contributed by atoms with E-state index in [1.54, 1.807) is 0 Å². The van der Waals surface area contributed by atoms with Gasteiger partial charge in [-0.3, -0.25) is 4.79 Å². The lowest BCUT2D eigenvalue weighted by Crippen LogP contribution is -2.38. The van der Waals surface area contributed by atoms with Crippen molar-refractivity contribution in [2.24, 2.45) is 5.73 Å². The van der Waals surface area contributed by atoms with Crippen molar-refractivity contribution in [2.45, 2.75) is 32.2 Å². The summed E-state index contributed by atoms with van der Waals surface area (Å²) in [6, 6.07) is 18.7. The number of unbranched alkanes of at least 4 members (excludes halogenated alkanes) is 2. The number of carbonyl (C=O) groups excluding carboxylic acids is 1. The molecule has 6 heteroatoms. The highest BCUT2D eigenvalue weighted by Crippen LogP contribution is 2.32. The number of pyridine rings is 1. The monoisotopic (exact) mass is 432 g/mol. The molecule has 0 spiro atoms. The van der Waals surface area contributed by atoms with E-state index in [-0.39, 0.29) is 12.7 Å². The normalized spacial score (nSPS) is 12.5. The molecule has 3 aromatic rings. The number of aromatic nitrogens is 1. The van der Waals surface area contributed by atoms with Crippen molar-refractivity contribution in [3.8, 4) is 11.5 Å². The summed E-state index contributed by atoms with van der Waals surface area (Å²) < 4.78 is 13.2. The summed E-state index contributed by atoms with van der Waals surface area (Å²) in [5, 5.41) is 4.04. The number of nitrogens with two attached hydrogens (primary N) is 1. The van der Waals surface area contributed by atoms with Gasteiger partial charge >= 0.3 is 0 Å². The maximum Gasteiger partial charge on any atom is 0.231 e. The molecule has 1 aliphatic heterocycles. The number of nitrogens with one attached hydrogen (secondary N) is 1. The molecule has 3 N–H and O–H groups in total. The van der Waals surface area contributed by atoms with Crippen molar-refractivity contribution < 1.29 is 18.8 Å². The van der Waals surface area contributed by atoms with E-state index in [9.17, 15) is 4.79 Å². The lowest BCUT2D eigenvalue weighted by Gasteiger charge is -2.06. The Hall–Kier alpha value is -3.38. The fraction of sp³-hybridized carbons (Fsp3) is 0.308. The summed E-state index contributed by atoms with van der Waals surface area (Å²) in [7, 11) is 0. The molecular formula is C26H30N3O3+. The van der Waals surface area contributed by atoms with Crippen molar-refractivity contribution >= 4 is 29.0 Å². The molecule has 4 rings (SSSR count). The van der Waals surface area contributed by atoms with Gasteiger partial charge in [0.25, 0.3) is 0 Å². The standard InChI is InChI=1S/C26H29N3O3/c27-15-16-28-26(30)8-2-1-5-17-29-22(13-11-21-6-3-4-7-23(21)29)12-9-20-10-14-24-25(18-20)32-19-31-24/h3-4,6-7,9-14,18H,1-2,5,8,15-17,19,27H2/p+1/b12-9+. The van der Waals surface area contributed by atoms with Crippen LogP contribution in [0.3, 0.4) is 0 Å². The Morgan fingerprint density at radius 1 is 1.00 bits per heavy atom. The Balaban J connectivity index is 1.45. The molecule has 0 atom stereocenters. The number of fused-ring (bicyclic) bond motifs is 2. The molecule has 0 saturated carbocycles. The van der Waals surface area contributed by atoms with Crippen LogP contribution in [0.1, 0.15) is 36.9 Å². The maximum absolute atomic E-state index is 11.8. The zero-order chi connectivity index (χ0) is 22.2. The zero-order valence-electron chi connectivity index (χ0n) is 18.3. The molecule has 32 heavy (non-hydrogen) atoms. The number of para-hydroxylation sites is 1. The molecule has 0 unspecified atom stereocenters. The summed E-state index contributed by atoms with van der Waals surface area (Å²) in [5.41, 5.74) is 8.85. The zero-order valence-corrected chi connectivity index (χ0v) is 18.3. The van der Waals surface area contributed by atoms with E-state index in [0.717, 1.165) is 48.6 Å². The molecular weight excluding hydrogens is 402 g/mol. The van der Waals surface area contributed by atoms with E-state index in [1.165, 1.54) is 10.9 Å². The van der Waals surface area contributed by atoms with Gasteiger partial charge in [0.1, 0.15) is 6.54 Å². The fourth-order valence-electron chi connectivity index (χ4n) is 3.90. The quantitative estimate of drug-likeness (QED) is 0.379. The average molecular weight is 433 g/mol. The molecule has 1 aromatic heterocycles. The summed E-state index contributed by atoms with van der Waals surface area (Å²) in [6.07, 6.45) is 7.68. The molecule has 0 bridgehead atoms. The molecule has 6 nitrogen and oxygen atoms in total. The summed E-state index contributed by atoms with van der Waals surface area (Å²) in [4.78, 5) is 11.8. The van der Waals surface area contributed by atoms with E-state index in [0.29, 0.717) is 19.5 Å². The van der Waals surface area contributed by atoms with Crippen LogP contribution >= 0.6 is 0 Å². The average Bonchev–Trinajstić information content (AvgIpc) is 3.29. The minimum Gasteiger partial charge on any atom is -0.454 e. The van der Waals surface area contributed by atoms with Gasteiger partial charge < -0.3 is 20.5 Å². The molecule has 1 aliphatic rings. The van der Waals surface area contributed by atoms with Gasteiger partial charge in [-0.15, -0.1) is 0 Å². The van der Waals surface area contributed by atoms with Crippen molar-refractivity contribution in [2.75, 3.05) is 19.9 Å². The van der Waals surface area contributed by atoms with Gasteiger partial charge in [-0.05, 0) is 48.7 Å². The van der Waals surface area contributed by atoms with E-state index < -0.39 is 0 Å². The first-order valence-electron chi connectivity index (χ1n) is 11.2. The second-order valence-electron chi connectivity index (χ2n) is 7.86. The second-order valence-corrected chi connectivity index (χ2v) is 7.86. The second kappa shape index (κ2) is 10.8. The molecule has 0 aliphatic carbocycles. The summed E-state index contributed by atoms with van der Waals surface area (Å²) >= 11 is 0. The molecule has 0 fully saturated rings. The van der Waals surface area contributed by atoms with Crippen LogP contribution in [0.4, 0.5) is 0 Å². The maximum atomic E-state index is 11.8. The van der Waals surface area contributed by atoms with Crippen molar-refractivity contribution in [1.82, 2.24) is 5.32 Å². The van der Waals surface area contributed by atoms with Crippen LogP contribution in [-0.4, -0.2) is 25.8 Å². The van der Waals surface area contributed by atoms with Gasteiger partial charge in [-0.25, -0.2) is 0 Å². The Labute approximate surface area is 188 Å². The topological polar surface area (TPSA) is 77.5 Å². The van der Waals surface area contributed by atoms with E-state index >= 15 is 0 Å². The lowest BCUT2D eigenvalue weighted by atomic mass is 10.1. The number of nitrogens with zero attached hydrogens (tertiary/aromatic N) is 1. The number of aryl methyl sites for hydroxylation is 1. The van der Waals surface area contributed by atoms with Crippen LogP contribution in [0.15, 0.2) is 54.6 Å². The molecule has 0 radical (unpaired) electrons. The number of rotatable bonds is 10. The lowest BCUT2D eigenvalue weighted by molar-refractivity contribution is -0.673. The van der Waals surface area contributed by atoms with E-state index in [4.69, 9.17) is 15.2 Å². The van der Waals surface area contributed by atoms with Gasteiger partial charge in [-0.1, -0.05) is 18.2 Å². The highest BCUT2D eigenvalue weighted by molar-refractivity contribution is 5.77. The third-order valence-electron chi connectivity index (χ3n) is 5.57. The SMILES string of the molecule is NCCNC(=O)CCCCC[n+]1c(/C=C/c2ccc3c(c2)OCO3)ccc2ccccc21. The van der Waals surface area contributed by atoms with E-state index in [2.05, 4.69) is 58.4 Å². The van der Waals surface area contributed by atoms with Gasteiger partial charge in [0.05, 0.1) is 0 Å². The number of hydrogen-bond acceptors (Lipinski definition) is 4. The highest BCUT2D eigenvalue weighted by atomic mass is 16.7. The number of carbonyl (C=O) groups is 1. The minimum absolute atomic E-state index is 0.0839. The number of amides is 1. The third kappa shape index (κ3) is 5.45. The Morgan fingerprint density at radius 2 is 1.88 bits per heavy atom. The molecule has 2 aromatic carbocycles. The molecule has 0 saturated heterocycles. The first-order chi connectivity index (χ1) is 15.7. The third-order valence-corrected chi connectivity index (χ3v) is 5.57. The predicted molar refractivity (Wildman–Crippen MR) is 126 cm³/mol. The number of benzene rings is 2. The van der Waals surface area contributed by atoms with Gasteiger partial charge in [0.15, 0.2) is 11.5 Å². The van der Waals surface area contributed by atoms with Crippen molar-refractivity contribution in [1.29, 1.82) is 0 Å². The first-order valence-corrected chi connectivity index (χ1v) is 11.2. The van der Waals surface area contributed by atoms with Gasteiger partial charge in [-0.2, -0.15) is 4.57 Å². The van der Waals surface area contributed by atoms with Crippen LogP contribution in [0.2, 0.25) is 0 Å². The van der Waals surface area contributed by atoms with Crippen LogP contribution in [0.5, 0.6) is 11.5 Å². The number of ether oxygens (including phenoxy) is 2. The predicted octanol–water partition coefficient (Wildman–Crippen LogP) is 3.66.